The van der Waals surface area contributed by atoms with Gasteiger partial charge in [-0.05, 0) is 259 Å². The summed E-state index contributed by atoms with van der Waals surface area (Å²) in [6.45, 7) is 21.6. The summed E-state index contributed by atoms with van der Waals surface area (Å²) in [6.07, 6.45) is 0. The van der Waals surface area contributed by atoms with Gasteiger partial charge in [0.25, 0.3) is 0 Å². The topological polar surface area (TPSA) is 0 Å². The molecule has 15 rings (SSSR count). The van der Waals surface area contributed by atoms with Gasteiger partial charge in [-0.15, -0.1) is 0 Å². The molecular formula is C80H70. The van der Waals surface area contributed by atoms with Gasteiger partial charge in [-0.1, -0.05) is 216 Å². The van der Waals surface area contributed by atoms with Crippen LogP contribution in [0.15, 0.2) is 243 Å². The van der Waals surface area contributed by atoms with E-state index in [-0.39, 0.29) is 0 Å². The second-order valence-corrected chi connectivity index (χ2v) is 22.5. The lowest BCUT2D eigenvalue weighted by molar-refractivity contribution is 1.37. The van der Waals surface area contributed by atoms with E-state index in [2.05, 4.69) is 312 Å². The van der Waals surface area contributed by atoms with Gasteiger partial charge in [0.05, 0.1) is 0 Å². The highest BCUT2D eigenvalue weighted by atomic mass is 14.1. The largest absolute Gasteiger partial charge is 0.0616 e. The van der Waals surface area contributed by atoms with Crippen LogP contribution in [0.2, 0.25) is 0 Å². The fourth-order valence-corrected chi connectivity index (χ4v) is 11.4. The maximum atomic E-state index is 2.30. The molecule has 0 amide bonds. The van der Waals surface area contributed by atoms with E-state index in [1.165, 1.54) is 163 Å². The third kappa shape index (κ3) is 11.5. The van der Waals surface area contributed by atoms with Gasteiger partial charge in [0.1, 0.15) is 0 Å². The summed E-state index contributed by atoms with van der Waals surface area (Å²) in [5.41, 5.74) is 13.4. The van der Waals surface area contributed by atoms with Crippen molar-refractivity contribution in [2.45, 2.75) is 69.2 Å². The van der Waals surface area contributed by atoms with Crippen LogP contribution in [0.5, 0.6) is 0 Å². The van der Waals surface area contributed by atoms with Crippen molar-refractivity contribution in [1.82, 2.24) is 0 Å². The zero-order chi connectivity index (χ0) is 55.6. The van der Waals surface area contributed by atoms with Crippen LogP contribution in [-0.2, 0) is 0 Å². The molecule has 0 saturated heterocycles. The van der Waals surface area contributed by atoms with Crippen LogP contribution in [0, 0.1) is 69.2 Å². The van der Waals surface area contributed by atoms with Crippen molar-refractivity contribution >= 4 is 108 Å². The molecule has 15 aromatic rings. The molecule has 0 aromatic heterocycles. The summed E-state index contributed by atoms with van der Waals surface area (Å²) in [6, 6.07) is 88.3. The van der Waals surface area contributed by atoms with Crippen molar-refractivity contribution in [3.63, 3.8) is 0 Å². The summed E-state index contributed by atoms with van der Waals surface area (Å²) >= 11 is 0. The Bertz CT molecular complexity index is 4580. The van der Waals surface area contributed by atoms with Crippen LogP contribution in [0.25, 0.3) is 108 Å². The molecule has 0 spiro atoms. The minimum atomic E-state index is 1.32. The quantitative estimate of drug-likeness (QED) is 0.133. The number of aryl methyl sites for hydroxylation is 10. The number of hydrogen-bond donors (Lipinski definition) is 0. The molecule has 0 aliphatic carbocycles. The smallest absolute Gasteiger partial charge is 0.0146 e. The molecule has 390 valence electrons. The highest BCUT2D eigenvalue weighted by molar-refractivity contribution is 6.04. The first-order valence-corrected chi connectivity index (χ1v) is 28.2. The highest BCUT2D eigenvalue weighted by Gasteiger charge is 2.06. The minimum absolute atomic E-state index is 1.32. The summed E-state index contributed by atoms with van der Waals surface area (Å²) in [5, 5.41) is 26.7. The molecule has 0 aliphatic rings. The molecule has 0 atom stereocenters. The number of benzene rings is 15. The molecule has 0 heteroatoms. The van der Waals surface area contributed by atoms with Crippen LogP contribution >= 0.6 is 0 Å². The van der Waals surface area contributed by atoms with Crippen LogP contribution in [0.4, 0.5) is 0 Å². The number of fused-ring (bicyclic) bond motifs is 10. The maximum Gasteiger partial charge on any atom is -0.0146 e. The van der Waals surface area contributed by atoms with Crippen molar-refractivity contribution < 1.29 is 0 Å². The normalized spacial score (nSPS) is 11.1. The Hall–Kier alpha value is -9.10. The van der Waals surface area contributed by atoms with Gasteiger partial charge in [-0.25, -0.2) is 0 Å². The van der Waals surface area contributed by atoms with E-state index < -0.39 is 0 Å². The van der Waals surface area contributed by atoms with E-state index in [9.17, 15) is 0 Å². The van der Waals surface area contributed by atoms with Crippen LogP contribution in [0.3, 0.4) is 0 Å². The van der Waals surface area contributed by atoms with Gasteiger partial charge in [-0.2, -0.15) is 0 Å². The van der Waals surface area contributed by atoms with Gasteiger partial charge >= 0.3 is 0 Å². The molecular weight excluding hydrogens is 961 g/mol. The lowest BCUT2D eigenvalue weighted by Crippen LogP contribution is -1.83. The predicted octanol–water partition coefficient (Wildman–Crippen LogP) is 23.0. The first-order chi connectivity index (χ1) is 38.7. The fraction of sp³-hybridized carbons (Fsp3) is 0.125. The Morgan fingerprint density at radius 1 is 0.150 bits per heavy atom. The van der Waals surface area contributed by atoms with Crippen molar-refractivity contribution in [3.8, 4) is 0 Å². The molecule has 0 fully saturated rings. The number of rotatable bonds is 0. The predicted molar refractivity (Wildman–Crippen MR) is 355 cm³/mol. The number of hydrogen-bond acceptors (Lipinski definition) is 0. The van der Waals surface area contributed by atoms with E-state index >= 15 is 0 Å². The van der Waals surface area contributed by atoms with E-state index in [0.717, 1.165) is 0 Å². The Morgan fingerprint density at radius 3 is 0.812 bits per heavy atom. The highest BCUT2D eigenvalue weighted by Crippen LogP contribution is 2.31. The summed E-state index contributed by atoms with van der Waals surface area (Å²) < 4.78 is 0. The maximum absolute atomic E-state index is 2.30. The van der Waals surface area contributed by atoms with E-state index in [4.69, 9.17) is 0 Å². The average molecular weight is 1030 g/mol. The molecule has 0 unspecified atom stereocenters. The van der Waals surface area contributed by atoms with Crippen LogP contribution < -0.4 is 0 Å². The first kappa shape index (κ1) is 52.9. The molecule has 15 aromatic carbocycles. The molecule has 0 N–H and O–H groups in total. The molecule has 0 saturated carbocycles. The summed E-state index contributed by atoms with van der Waals surface area (Å²) in [5.74, 6) is 0. The van der Waals surface area contributed by atoms with Crippen LogP contribution in [-0.4, -0.2) is 0 Å². The molecule has 0 heterocycles. The van der Waals surface area contributed by atoms with Gasteiger partial charge in [0, 0.05) is 0 Å². The second kappa shape index (κ2) is 22.7. The zero-order valence-corrected chi connectivity index (χ0v) is 48.1. The van der Waals surface area contributed by atoms with E-state index in [1.807, 2.05) is 0 Å². The lowest BCUT2D eigenvalue weighted by Gasteiger charge is -2.08. The zero-order valence-electron chi connectivity index (χ0n) is 48.1. The van der Waals surface area contributed by atoms with Gasteiger partial charge in [-0.3, -0.25) is 0 Å². The Balaban J connectivity index is 0.000000105. The standard InChI is InChI=1S/5C16H14/c1-11-3-5-13-10-16-8-12(2)4-6-14(16)9-15(13)7-11;1-11-3-5-13-9-14-6-4-12(2)8-16(14)10-15(13)7-11;1-11-7-15-9-13-5-3-4-6-14(13)10-16(15)8-12(11)2;1-11-7-8-12(2)16-10-14-6-4-3-5-13(14)9-15(11)16;1-11-7-8-16-12(2)15-6-4-3-5-13(15)10-14(16)9-11/h5*3-10H,1-2H3. The van der Waals surface area contributed by atoms with Crippen molar-refractivity contribution in [1.29, 1.82) is 0 Å². The molecule has 0 aliphatic heterocycles. The van der Waals surface area contributed by atoms with E-state index in [1.54, 1.807) is 0 Å². The monoisotopic (exact) mass is 1030 g/mol. The fourth-order valence-electron chi connectivity index (χ4n) is 11.4. The van der Waals surface area contributed by atoms with Crippen molar-refractivity contribution in [3.05, 3.63) is 298 Å². The molecule has 0 radical (unpaired) electrons. The van der Waals surface area contributed by atoms with Gasteiger partial charge in [0.2, 0.25) is 0 Å². The third-order valence-electron chi connectivity index (χ3n) is 16.1. The second-order valence-electron chi connectivity index (χ2n) is 22.5. The lowest BCUT2D eigenvalue weighted by atomic mass is 9.97. The van der Waals surface area contributed by atoms with Crippen molar-refractivity contribution in [2.24, 2.45) is 0 Å². The first-order valence-electron chi connectivity index (χ1n) is 28.2. The molecule has 0 bridgehead atoms. The Kier molecular flexibility index (Phi) is 15.0. The van der Waals surface area contributed by atoms with Gasteiger partial charge in [0.15, 0.2) is 0 Å². The average Bonchev–Trinajstić information content (AvgIpc) is 3.48. The van der Waals surface area contributed by atoms with Gasteiger partial charge < -0.3 is 0 Å². The van der Waals surface area contributed by atoms with Crippen molar-refractivity contribution in [2.75, 3.05) is 0 Å². The van der Waals surface area contributed by atoms with Crippen LogP contribution in [0.1, 0.15) is 55.6 Å². The third-order valence-corrected chi connectivity index (χ3v) is 16.1. The molecule has 0 nitrogen and oxygen atoms in total. The SMILES string of the molecule is Cc1cc2cc3ccccc3cc2cc1C.Cc1ccc(C)c2cc3ccccc3cc12.Cc1ccc2c(C)c3ccccc3cc2c1.Cc1ccc2cc3cc(C)ccc3cc2c1.Cc1ccc2cc3ccc(C)cc3cc2c1. The summed E-state index contributed by atoms with van der Waals surface area (Å²) in [4.78, 5) is 0. The Morgan fingerprint density at radius 2 is 0.412 bits per heavy atom. The Labute approximate surface area is 472 Å². The minimum Gasteiger partial charge on any atom is -0.0616 e. The van der Waals surface area contributed by atoms with E-state index in [0.29, 0.717) is 0 Å². The molecule has 80 heavy (non-hydrogen) atoms. The summed E-state index contributed by atoms with van der Waals surface area (Å²) in [7, 11) is 0.